The van der Waals surface area contributed by atoms with Gasteiger partial charge in [-0.25, -0.2) is 9.98 Å². The maximum atomic E-state index is 13.5. The van der Waals surface area contributed by atoms with Crippen molar-refractivity contribution in [1.82, 2.24) is 31.5 Å². The molecule has 80 heavy (non-hydrogen) atoms. The highest BCUT2D eigenvalue weighted by Crippen LogP contribution is 2.36. The number of para-hydroxylation sites is 2. The van der Waals surface area contributed by atoms with Crippen molar-refractivity contribution < 1.29 is 53.7 Å². The lowest BCUT2D eigenvalue weighted by atomic mass is 10.2. The summed E-state index contributed by atoms with van der Waals surface area (Å²) in [6.07, 6.45) is 1.54. The molecule has 2 saturated heterocycles. The van der Waals surface area contributed by atoms with Crippen LogP contribution < -0.4 is 32.3 Å². The molecule has 2 unspecified atom stereocenters. The number of carbonyl (C=O) groups excluding carboxylic acids is 6. The van der Waals surface area contributed by atoms with Gasteiger partial charge in [-0.05, 0) is 120 Å². The van der Waals surface area contributed by atoms with E-state index in [0.29, 0.717) is 42.9 Å². The summed E-state index contributed by atoms with van der Waals surface area (Å²) in [7, 11) is 0. The molecular weight excluding hydrogens is 1070 g/mol. The average Bonchev–Trinajstić information content (AvgIpc) is 3.92. The Morgan fingerprint density at radius 2 is 0.863 bits per heavy atom. The third kappa shape index (κ3) is 16.7. The number of aliphatic imine (C=N–C) groups is 2. The van der Waals surface area contributed by atoms with Crippen molar-refractivity contribution in [3.63, 3.8) is 0 Å². The van der Waals surface area contributed by atoms with Crippen LogP contribution in [-0.4, -0.2) is 122 Å². The molecule has 22 nitrogen and oxygen atoms in total. The molecule has 0 saturated carbocycles. The lowest BCUT2D eigenvalue weighted by Gasteiger charge is -2.20. The van der Waals surface area contributed by atoms with E-state index in [0.717, 1.165) is 11.1 Å². The first-order valence-electron chi connectivity index (χ1n) is 24.6. The summed E-state index contributed by atoms with van der Waals surface area (Å²) in [4.78, 5) is 111. The van der Waals surface area contributed by atoms with Crippen LogP contribution in [0.25, 0.3) is 12.2 Å². The molecule has 6 aromatic rings. The summed E-state index contributed by atoms with van der Waals surface area (Å²) in [6.45, 7) is -1.83. The minimum absolute atomic E-state index is 0.0459. The van der Waals surface area contributed by atoms with Gasteiger partial charge in [-0.2, -0.15) is 9.68 Å². The van der Waals surface area contributed by atoms with Gasteiger partial charge in [0.1, 0.15) is 4.91 Å². The van der Waals surface area contributed by atoms with E-state index < -0.39 is 54.1 Å². The van der Waals surface area contributed by atoms with Crippen LogP contribution in [0.5, 0.6) is 0 Å². The highest BCUT2D eigenvalue weighted by Gasteiger charge is 2.36. The number of amides is 6. The Balaban J connectivity index is 0.698. The van der Waals surface area contributed by atoms with Gasteiger partial charge in [-0.1, -0.05) is 97.1 Å². The largest absolute Gasteiger partial charge is 0.478 e. The zero-order valence-electron chi connectivity index (χ0n) is 42.3. The fraction of sp³-hybridized carbons (Fsp3) is 0.143. The standard InChI is InChI=1S/C56H51N11O11S2/c68-45(33-65-53(74)47(29-37-13-5-1-6-14-37)79-55(65)59-43-17-9-3-10-18-43)31-57-41-25-21-39(22-26-41)51(72)63-61-49(70)35-77-67(76)78-36-50(71)62-64-52(73)40-23-27-42(28-24-40)58-32-46(69)34-66-54(75)48(30-38-15-7-2-8-16-38)80-56(66)60-44-19-11-4-12-20-44/h1-30,45-46,68-69H,31-36H2,(H5-,57,58,61,62,63,64,70,71,72,73)/p+1. The molecular formula is C56H52N11O11S2+. The molecule has 6 amide bonds. The zero-order valence-corrected chi connectivity index (χ0v) is 44.0. The second kappa shape index (κ2) is 28.1. The van der Waals surface area contributed by atoms with Crippen LogP contribution in [-0.2, 0) is 28.9 Å². The van der Waals surface area contributed by atoms with Crippen molar-refractivity contribution in [2.24, 2.45) is 9.98 Å². The molecule has 0 aliphatic carbocycles. The van der Waals surface area contributed by atoms with Gasteiger partial charge >= 0.3 is 5.09 Å². The summed E-state index contributed by atoms with van der Waals surface area (Å²) in [6, 6.07) is 49.3. The summed E-state index contributed by atoms with van der Waals surface area (Å²) in [5.41, 5.74) is 12.9. The first-order chi connectivity index (χ1) is 38.8. The lowest BCUT2D eigenvalue weighted by Crippen LogP contribution is -2.44. The number of nitrogens with zero attached hydrogens (tertiary/aromatic N) is 5. The molecule has 8 N–H and O–H groups in total. The highest BCUT2D eigenvalue weighted by atomic mass is 32.2. The minimum Gasteiger partial charge on any atom is -0.389 e. The van der Waals surface area contributed by atoms with Crippen LogP contribution in [0.15, 0.2) is 190 Å². The van der Waals surface area contributed by atoms with Crippen LogP contribution >= 0.6 is 23.5 Å². The van der Waals surface area contributed by atoms with Gasteiger partial charge in [0.25, 0.3) is 35.4 Å². The van der Waals surface area contributed by atoms with Gasteiger partial charge in [0.15, 0.2) is 10.3 Å². The predicted octanol–water partition coefficient (Wildman–Crippen LogP) is 5.70. The van der Waals surface area contributed by atoms with E-state index in [1.807, 2.05) is 121 Å². The van der Waals surface area contributed by atoms with Crippen LogP contribution in [0.3, 0.4) is 0 Å². The molecule has 408 valence electrons. The molecule has 2 heterocycles. The van der Waals surface area contributed by atoms with E-state index in [4.69, 9.17) is 0 Å². The monoisotopic (exact) mass is 1120 g/mol. The van der Waals surface area contributed by atoms with Crippen molar-refractivity contribution in [2.45, 2.75) is 12.2 Å². The molecule has 2 fully saturated rings. The van der Waals surface area contributed by atoms with Gasteiger partial charge in [0, 0.05) is 35.6 Å². The molecule has 0 spiro atoms. The number of aliphatic hydroxyl groups excluding tert-OH is 2. The molecule has 0 radical (unpaired) electrons. The number of hydrogen-bond acceptors (Lipinski definition) is 17. The van der Waals surface area contributed by atoms with Crippen molar-refractivity contribution in [1.29, 1.82) is 0 Å². The minimum atomic E-state index is -1.01. The van der Waals surface area contributed by atoms with Crippen molar-refractivity contribution in [3.05, 3.63) is 207 Å². The fourth-order valence-electron chi connectivity index (χ4n) is 7.36. The molecule has 24 heteroatoms. The molecule has 2 aliphatic heterocycles. The summed E-state index contributed by atoms with van der Waals surface area (Å²) in [5.74, 6) is -3.90. The lowest BCUT2D eigenvalue weighted by molar-refractivity contribution is -0.977. The molecule has 2 aliphatic rings. The normalized spacial score (nSPS) is 15.8. The number of anilines is 2. The second-order valence-corrected chi connectivity index (χ2v) is 19.4. The molecule has 2 atom stereocenters. The number of β-amino-alcohol motifs (C(OH)–C–C–N with tert-alkyl or cyclic N) is 2. The van der Waals surface area contributed by atoms with E-state index in [9.17, 15) is 43.9 Å². The van der Waals surface area contributed by atoms with Crippen LogP contribution in [0.2, 0.25) is 0 Å². The zero-order chi connectivity index (χ0) is 56.2. The van der Waals surface area contributed by atoms with Crippen LogP contribution in [0.1, 0.15) is 31.8 Å². The first kappa shape index (κ1) is 56.6. The average molecular weight is 1120 g/mol. The van der Waals surface area contributed by atoms with E-state index in [1.165, 1.54) is 57.6 Å². The van der Waals surface area contributed by atoms with E-state index >= 15 is 0 Å². The van der Waals surface area contributed by atoms with Gasteiger partial charge < -0.3 is 20.8 Å². The van der Waals surface area contributed by atoms with Crippen LogP contribution in [0, 0.1) is 4.91 Å². The smallest absolute Gasteiger partial charge is 0.389 e. The van der Waals surface area contributed by atoms with Gasteiger partial charge in [0.2, 0.25) is 13.2 Å². The SMILES string of the molecule is O=C(CO[N+](=O)OCC(=O)NNC(=O)c1ccc(NCC(O)CN2C(=O)C(=Cc3ccccc3)SC2=Nc2ccccc2)cc1)NNC(=O)c1ccc(NCC(O)CN2C(=O)C(=Cc3ccccc3)SC2=Nc2ccccc2)cc1. The van der Waals surface area contributed by atoms with E-state index in [1.54, 1.807) is 36.4 Å². The molecule has 0 aromatic heterocycles. The number of thioether (sulfide) groups is 2. The topological polar surface area (TPSA) is 285 Å². The van der Waals surface area contributed by atoms with Gasteiger partial charge in [0.05, 0.1) is 46.5 Å². The quantitative estimate of drug-likeness (QED) is 0.0299. The fourth-order valence-corrected chi connectivity index (χ4v) is 9.38. The van der Waals surface area contributed by atoms with Crippen molar-refractivity contribution >= 4 is 104 Å². The Morgan fingerprint density at radius 3 is 1.23 bits per heavy atom. The maximum absolute atomic E-state index is 13.5. The molecule has 8 rings (SSSR count). The number of amidine groups is 2. The third-order valence-electron chi connectivity index (χ3n) is 11.3. The molecule has 6 aromatic carbocycles. The summed E-state index contributed by atoms with van der Waals surface area (Å²) >= 11 is 2.44. The van der Waals surface area contributed by atoms with Crippen molar-refractivity contribution in [2.75, 3.05) is 50.0 Å². The highest BCUT2D eigenvalue weighted by molar-refractivity contribution is 8.19. The van der Waals surface area contributed by atoms with E-state index in [2.05, 4.69) is 52.0 Å². The number of nitrogens with one attached hydrogen (secondary N) is 6. The maximum Gasteiger partial charge on any atom is 0.478 e. The second-order valence-electron chi connectivity index (χ2n) is 17.3. The number of rotatable bonds is 22. The van der Waals surface area contributed by atoms with Gasteiger partial charge in [-0.15, -0.1) is 0 Å². The Hall–Kier alpha value is -9.62. The Labute approximate surface area is 466 Å². The summed E-state index contributed by atoms with van der Waals surface area (Å²) < 4.78 is 0. The van der Waals surface area contributed by atoms with Gasteiger partial charge in [-0.3, -0.25) is 60.3 Å². The Morgan fingerprint density at radius 1 is 0.512 bits per heavy atom. The van der Waals surface area contributed by atoms with Crippen LogP contribution in [0.4, 0.5) is 22.7 Å². The third-order valence-corrected chi connectivity index (χ3v) is 13.3. The predicted molar refractivity (Wildman–Crippen MR) is 303 cm³/mol. The first-order valence-corrected chi connectivity index (χ1v) is 26.2. The number of aliphatic hydroxyl groups is 2. The van der Waals surface area contributed by atoms with Crippen molar-refractivity contribution in [3.8, 4) is 0 Å². The number of hydrazine groups is 2. The Kier molecular flexibility index (Phi) is 19.9. The number of hydrogen-bond donors (Lipinski definition) is 8. The summed E-state index contributed by atoms with van der Waals surface area (Å²) in [5, 5.41) is 28.5. The number of carbonyl (C=O) groups is 6. The van der Waals surface area contributed by atoms with E-state index in [-0.39, 0.29) is 49.1 Å². The Bertz CT molecular complexity index is 3080. The number of benzene rings is 6. The molecule has 0 bridgehead atoms.